The van der Waals surface area contributed by atoms with Crippen LogP contribution in [0, 0.1) is 12.7 Å². The first-order chi connectivity index (χ1) is 15.3. The molecule has 0 saturated heterocycles. The number of anilines is 1. The van der Waals surface area contributed by atoms with Gasteiger partial charge in [0.25, 0.3) is 5.91 Å². The molecule has 0 bridgehead atoms. The zero-order valence-electron chi connectivity index (χ0n) is 17.6. The molecule has 0 fully saturated rings. The smallest absolute Gasteiger partial charge is 0.254 e. The van der Waals surface area contributed by atoms with Crippen molar-refractivity contribution in [3.8, 4) is 22.3 Å². The van der Waals surface area contributed by atoms with Gasteiger partial charge in [-0.25, -0.2) is 9.37 Å². The standard InChI is InChI=1S/C24H21ClFN5O/c1-14-21(13-31(2)30-14)17-9-20(23(27)28-12-17)16-6-7-19(22(26)10-16)24(32)29-11-15-4-3-5-18(25)8-15/h3-10,12-13H,11H2,1-2H3,(H2,27,28)(H,29,32). The van der Waals surface area contributed by atoms with Crippen molar-refractivity contribution in [2.45, 2.75) is 13.5 Å². The number of halogens is 2. The normalized spacial score (nSPS) is 10.9. The number of nitrogens with one attached hydrogen (secondary N) is 1. The van der Waals surface area contributed by atoms with Crippen molar-refractivity contribution in [3.63, 3.8) is 0 Å². The fraction of sp³-hybridized carbons (Fsp3) is 0.125. The number of nitrogen functional groups attached to an aromatic ring is 1. The predicted octanol–water partition coefficient (Wildman–Crippen LogP) is 4.76. The van der Waals surface area contributed by atoms with E-state index in [1.54, 1.807) is 35.1 Å². The number of carbonyl (C=O) groups excluding carboxylic acids is 1. The highest BCUT2D eigenvalue weighted by Crippen LogP contribution is 2.31. The highest BCUT2D eigenvalue weighted by atomic mass is 35.5. The van der Waals surface area contributed by atoms with Gasteiger partial charge in [-0.1, -0.05) is 29.8 Å². The van der Waals surface area contributed by atoms with Gasteiger partial charge in [-0.3, -0.25) is 9.48 Å². The minimum Gasteiger partial charge on any atom is -0.383 e. The molecule has 6 nitrogen and oxygen atoms in total. The Morgan fingerprint density at radius 3 is 2.66 bits per heavy atom. The maximum atomic E-state index is 14.8. The molecule has 1 amide bonds. The molecular weight excluding hydrogens is 429 g/mol. The summed E-state index contributed by atoms with van der Waals surface area (Å²) < 4.78 is 16.6. The number of hydrogen-bond donors (Lipinski definition) is 2. The summed E-state index contributed by atoms with van der Waals surface area (Å²) >= 11 is 5.96. The van der Waals surface area contributed by atoms with Gasteiger partial charge in [0.2, 0.25) is 0 Å². The molecule has 0 unspecified atom stereocenters. The van der Waals surface area contributed by atoms with E-state index in [2.05, 4.69) is 15.4 Å². The van der Waals surface area contributed by atoms with Gasteiger partial charge in [0.05, 0.1) is 11.3 Å². The minimum atomic E-state index is -0.645. The van der Waals surface area contributed by atoms with E-state index in [0.717, 1.165) is 22.4 Å². The quantitative estimate of drug-likeness (QED) is 0.460. The second-order valence-electron chi connectivity index (χ2n) is 7.47. The average molecular weight is 450 g/mol. The summed E-state index contributed by atoms with van der Waals surface area (Å²) in [6, 6.07) is 13.4. The van der Waals surface area contributed by atoms with Gasteiger partial charge < -0.3 is 11.1 Å². The van der Waals surface area contributed by atoms with Crippen LogP contribution in [0.25, 0.3) is 22.3 Å². The highest BCUT2D eigenvalue weighted by molar-refractivity contribution is 6.30. The molecule has 0 radical (unpaired) electrons. The van der Waals surface area contributed by atoms with E-state index < -0.39 is 11.7 Å². The molecule has 0 spiro atoms. The summed E-state index contributed by atoms with van der Waals surface area (Å²) in [6.07, 6.45) is 3.55. The third-order valence-electron chi connectivity index (χ3n) is 5.11. The second kappa shape index (κ2) is 8.80. The van der Waals surface area contributed by atoms with Crippen LogP contribution in [0.4, 0.5) is 10.2 Å². The Morgan fingerprint density at radius 1 is 1.16 bits per heavy atom. The van der Waals surface area contributed by atoms with E-state index in [1.807, 2.05) is 32.3 Å². The Kier molecular flexibility index (Phi) is 5.92. The summed E-state index contributed by atoms with van der Waals surface area (Å²) in [7, 11) is 1.84. The van der Waals surface area contributed by atoms with E-state index in [-0.39, 0.29) is 17.9 Å². The van der Waals surface area contributed by atoms with Crippen LogP contribution >= 0.6 is 11.6 Å². The predicted molar refractivity (Wildman–Crippen MR) is 124 cm³/mol. The molecule has 4 rings (SSSR count). The molecule has 3 N–H and O–H groups in total. The lowest BCUT2D eigenvalue weighted by Crippen LogP contribution is -2.23. The van der Waals surface area contributed by atoms with Gasteiger partial charge >= 0.3 is 0 Å². The van der Waals surface area contributed by atoms with E-state index in [4.69, 9.17) is 17.3 Å². The van der Waals surface area contributed by atoms with Crippen LogP contribution in [0.15, 0.2) is 60.9 Å². The van der Waals surface area contributed by atoms with Crippen LogP contribution < -0.4 is 11.1 Å². The van der Waals surface area contributed by atoms with Crippen LogP contribution in [-0.2, 0) is 13.6 Å². The molecule has 0 atom stereocenters. The van der Waals surface area contributed by atoms with E-state index in [1.165, 1.54) is 12.1 Å². The van der Waals surface area contributed by atoms with Crippen molar-refractivity contribution in [2.75, 3.05) is 5.73 Å². The Morgan fingerprint density at radius 2 is 1.97 bits per heavy atom. The van der Waals surface area contributed by atoms with Crippen molar-refractivity contribution in [2.24, 2.45) is 7.05 Å². The fourth-order valence-electron chi connectivity index (χ4n) is 3.53. The maximum absolute atomic E-state index is 14.8. The number of pyridine rings is 1. The van der Waals surface area contributed by atoms with Crippen LogP contribution in [-0.4, -0.2) is 20.7 Å². The number of benzene rings is 2. The van der Waals surface area contributed by atoms with Crippen molar-refractivity contribution < 1.29 is 9.18 Å². The lowest BCUT2D eigenvalue weighted by molar-refractivity contribution is 0.0947. The van der Waals surface area contributed by atoms with Gasteiger partial charge in [0.1, 0.15) is 11.6 Å². The van der Waals surface area contributed by atoms with Gasteiger partial charge in [-0.05, 0) is 48.4 Å². The lowest BCUT2D eigenvalue weighted by atomic mass is 10.00. The molecule has 162 valence electrons. The number of aryl methyl sites for hydroxylation is 2. The van der Waals surface area contributed by atoms with Gasteiger partial charge in [0, 0.05) is 47.7 Å². The first kappa shape index (κ1) is 21.5. The molecule has 0 aliphatic carbocycles. The van der Waals surface area contributed by atoms with Crippen molar-refractivity contribution in [3.05, 3.63) is 88.6 Å². The third kappa shape index (κ3) is 4.48. The Hall–Kier alpha value is -3.71. The molecule has 0 aliphatic heterocycles. The number of hydrogen-bond acceptors (Lipinski definition) is 4. The molecule has 2 heterocycles. The first-order valence-electron chi connectivity index (χ1n) is 9.90. The monoisotopic (exact) mass is 449 g/mol. The number of aromatic nitrogens is 3. The summed E-state index contributed by atoms with van der Waals surface area (Å²) in [6.45, 7) is 2.14. The van der Waals surface area contributed by atoms with Crippen molar-refractivity contribution in [1.82, 2.24) is 20.1 Å². The fourth-order valence-corrected chi connectivity index (χ4v) is 3.74. The summed E-state index contributed by atoms with van der Waals surface area (Å²) in [5.41, 5.74) is 10.5. The highest BCUT2D eigenvalue weighted by Gasteiger charge is 2.16. The molecule has 2 aromatic carbocycles. The average Bonchev–Trinajstić information content (AvgIpc) is 3.10. The Balaban J connectivity index is 1.58. The van der Waals surface area contributed by atoms with Gasteiger partial charge in [-0.2, -0.15) is 5.10 Å². The summed E-state index contributed by atoms with van der Waals surface area (Å²) in [4.78, 5) is 16.8. The van der Waals surface area contributed by atoms with Crippen molar-refractivity contribution in [1.29, 1.82) is 0 Å². The van der Waals surface area contributed by atoms with E-state index in [9.17, 15) is 9.18 Å². The Labute approximate surface area is 189 Å². The molecule has 2 aromatic heterocycles. The number of carbonyl (C=O) groups is 1. The van der Waals surface area contributed by atoms with Crippen LogP contribution in [0.5, 0.6) is 0 Å². The number of nitrogens with zero attached hydrogens (tertiary/aromatic N) is 3. The zero-order chi connectivity index (χ0) is 22.8. The summed E-state index contributed by atoms with van der Waals surface area (Å²) in [5.74, 6) is -0.888. The molecule has 32 heavy (non-hydrogen) atoms. The largest absolute Gasteiger partial charge is 0.383 e. The van der Waals surface area contributed by atoms with Crippen LogP contribution in [0.2, 0.25) is 5.02 Å². The van der Waals surface area contributed by atoms with Crippen molar-refractivity contribution >= 4 is 23.3 Å². The van der Waals surface area contributed by atoms with Crippen LogP contribution in [0.3, 0.4) is 0 Å². The number of rotatable bonds is 5. The van der Waals surface area contributed by atoms with Gasteiger partial charge in [-0.15, -0.1) is 0 Å². The second-order valence-corrected chi connectivity index (χ2v) is 7.90. The number of amides is 1. The van der Waals surface area contributed by atoms with E-state index >= 15 is 0 Å². The molecule has 0 aliphatic rings. The summed E-state index contributed by atoms with van der Waals surface area (Å²) in [5, 5.41) is 7.63. The topological polar surface area (TPSA) is 85.8 Å². The van der Waals surface area contributed by atoms with E-state index in [0.29, 0.717) is 16.1 Å². The van der Waals surface area contributed by atoms with Crippen LogP contribution in [0.1, 0.15) is 21.6 Å². The maximum Gasteiger partial charge on any atom is 0.254 e. The van der Waals surface area contributed by atoms with Gasteiger partial charge in [0.15, 0.2) is 0 Å². The third-order valence-corrected chi connectivity index (χ3v) is 5.34. The molecule has 8 heteroatoms. The SMILES string of the molecule is Cc1nn(C)cc1-c1cnc(N)c(-c2ccc(C(=O)NCc3cccc(Cl)c3)c(F)c2)c1. The molecule has 4 aromatic rings. The zero-order valence-corrected chi connectivity index (χ0v) is 18.3. The minimum absolute atomic E-state index is 0.0541. The number of nitrogens with two attached hydrogens (primary N) is 1. The first-order valence-corrected chi connectivity index (χ1v) is 10.3. The lowest BCUT2D eigenvalue weighted by Gasteiger charge is -2.11. The molecule has 0 saturated carbocycles. The Bertz CT molecular complexity index is 1320. The molecular formula is C24H21ClFN5O.